The molecule has 0 saturated carbocycles. The van der Waals surface area contributed by atoms with E-state index in [4.69, 9.17) is 9.47 Å². The molecule has 0 aliphatic rings. The molecule has 0 bridgehead atoms. The van der Waals surface area contributed by atoms with Gasteiger partial charge in [0.25, 0.3) is 0 Å². The topological polar surface area (TPSA) is 105 Å². The summed E-state index contributed by atoms with van der Waals surface area (Å²) in [6.07, 6.45) is 2.27. The molecule has 0 aliphatic carbocycles. The Hall–Kier alpha value is -3.27. The van der Waals surface area contributed by atoms with Crippen LogP contribution in [0.2, 0.25) is 0 Å². The maximum absolute atomic E-state index is 13.6. The summed E-state index contributed by atoms with van der Waals surface area (Å²) in [6.45, 7) is 5.24. The third-order valence-corrected chi connectivity index (χ3v) is 7.11. The lowest BCUT2D eigenvalue weighted by atomic mass is 10.1. The molecule has 0 saturated heterocycles. The molecule has 0 aromatic heterocycles. The van der Waals surface area contributed by atoms with Gasteiger partial charge in [-0.05, 0) is 44.4 Å². The second-order valence-electron chi connectivity index (χ2n) is 8.62. The van der Waals surface area contributed by atoms with Crippen molar-refractivity contribution >= 4 is 27.5 Å². The largest absolute Gasteiger partial charge is 0.497 e. The standard InChI is InChI=1S/C26H37N3O6S/c1-7-19(2)27-26(31)20(3)28(16-15-21-11-9-8-10-12-21)25(30)18-29(36(6,32)33)23-17-22(34-4)13-14-24(23)35-5/h8-14,17,19-20H,7,15-16,18H2,1-6H3,(H,27,31)/t19-,20+/m0/s1. The van der Waals surface area contributed by atoms with Crippen molar-refractivity contribution in [3.8, 4) is 11.5 Å². The third kappa shape index (κ3) is 7.87. The molecule has 0 heterocycles. The van der Waals surface area contributed by atoms with E-state index in [0.29, 0.717) is 12.2 Å². The molecule has 0 unspecified atom stereocenters. The van der Waals surface area contributed by atoms with E-state index in [-0.39, 0.29) is 29.9 Å². The average molecular weight is 520 g/mol. The molecule has 2 amide bonds. The fourth-order valence-corrected chi connectivity index (χ4v) is 4.47. The number of rotatable bonds is 13. The van der Waals surface area contributed by atoms with Crippen molar-refractivity contribution in [1.82, 2.24) is 10.2 Å². The van der Waals surface area contributed by atoms with Gasteiger partial charge in [0.05, 0.1) is 26.2 Å². The lowest BCUT2D eigenvalue weighted by molar-refractivity contribution is -0.139. The molecule has 36 heavy (non-hydrogen) atoms. The highest BCUT2D eigenvalue weighted by Crippen LogP contribution is 2.33. The molecule has 9 nitrogen and oxygen atoms in total. The number of hydrogen-bond donors (Lipinski definition) is 1. The Labute approximate surface area is 214 Å². The molecule has 2 rings (SSSR count). The number of nitrogens with zero attached hydrogens (tertiary/aromatic N) is 2. The van der Waals surface area contributed by atoms with Crippen LogP contribution >= 0.6 is 0 Å². The minimum absolute atomic E-state index is 0.0559. The normalized spacial score (nSPS) is 12.8. The van der Waals surface area contributed by atoms with Gasteiger partial charge in [0.2, 0.25) is 21.8 Å². The van der Waals surface area contributed by atoms with Gasteiger partial charge in [0, 0.05) is 18.7 Å². The predicted octanol–water partition coefficient (Wildman–Crippen LogP) is 2.84. The third-order valence-electron chi connectivity index (χ3n) is 5.99. The number of sulfonamides is 1. The summed E-state index contributed by atoms with van der Waals surface area (Å²) < 4.78 is 37.2. The number of hydrogen-bond acceptors (Lipinski definition) is 6. The van der Waals surface area contributed by atoms with E-state index >= 15 is 0 Å². The summed E-state index contributed by atoms with van der Waals surface area (Å²) in [6, 6.07) is 13.4. The highest BCUT2D eigenvalue weighted by atomic mass is 32.2. The van der Waals surface area contributed by atoms with Gasteiger partial charge >= 0.3 is 0 Å². The van der Waals surface area contributed by atoms with E-state index in [2.05, 4.69) is 5.32 Å². The van der Waals surface area contributed by atoms with E-state index < -0.39 is 28.5 Å². The Kier molecular flexibility index (Phi) is 10.6. The molecule has 0 fully saturated rings. The molecule has 0 radical (unpaired) electrons. The number of nitrogens with one attached hydrogen (secondary N) is 1. The Morgan fingerprint density at radius 3 is 2.25 bits per heavy atom. The smallest absolute Gasteiger partial charge is 0.244 e. The number of benzene rings is 2. The van der Waals surface area contributed by atoms with Crippen LogP contribution in [0.3, 0.4) is 0 Å². The first-order valence-corrected chi connectivity index (χ1v) is 13.7. The zero-order chi connectivity index (χ0) is 26.9. The number of carbonyl (C=O) groups is 2. The number of methoxy groups -OCH3 is 2. The summed E-state index contributed by atoms with van der Waals surface area (Å²) in [7, 11) is -1.01. The molecule has 1 N–H and O–H groups in total. The molecule has 2 aromatic carbocycles. The van der Waals surface area contributed by atoms with Gasteiger partial charge in [-0.1, -0.05) is 37.3 Å². The molecular formula is C26H37N3O6S. The van der Waals surface area contributed by atoms with Crippen LogP contribution in [0.4, 0.5) is 5.69 Å². The number of ether oxygens (including phenoxy) is 2. The first-order chi connectivity index (χ1) is 17.0. The van der Waals surface area contributed by atoms with Crippen molar-refractivity contribution in [2.24, 2.45) is 0 Å². The quantitative estimate of drug-likeness (QED) is 0.436. The van der Waals surface area contributed by atoms with Gasteiger partial charge in [0.1, 0.15) is 24.1 Å². The van der Waals surface area contributed by atoms with Crippen molar-refractivity contribution in [2.75, 3.05) is 37.9 Å². The minimum atomic E-state index is -3.89. The van der Waals surface area contributed by atoms with Crippen molar-refractivity contribution < 1.29 is 27.5 Å². The number of anilines is 1. The molecule has 0 aliphatic heterocycles. The summed E-state index contributed by atoms with van der Waals surface area (Å²) in [4.78, 5) is 28.0. The van der Waals surface area contributed by atoms with Crippen LogP contribution in [0.5, 0.6) is 11.5 Å². The highest BCUT2D eigenvalue weighted by molar-refractivity contribution is 7.92. The second kappa shape index (κ2) is 13.2. The maximum Gasteiger partial charge on any atom is 0.244 e. The van der Waals surface area contributed by atoms with Crippen LogP contribution in [0, 0.1) is 0 Å². The van der Waals surface area contributed by atoms with Gasteiger partial charge in [-0.2, -0.15) is 0 Å². The summed E-state index contributed by atoms with van der Waals surface area (Å²) in [5.41, 5.74) is 1.17. The molecular weight excluding hydrogens is 482 g/mol. The molecule has 2 aromatic rings. The van der Waals surface area contributed by atoms with Crippen molar-refractivity contribution in [2.45, 2.75) is 45.7 Å². The fraction of sp³-hybridized carbons (Fsp3) is 0.462. The van der Waals surface area contributed by atoms with Gasteiger partial charge in [-0.3, -0.25) is 13.9 Å². The van der Waals surface area contributed by atoms with Crippen molar-refractivity contribution in [1.29, 1.82) is 0 Å². The fourth-order valence-electron chi connectivity index (χ4n) is 3.62. The van der Waals surface area contributed by atoms with Crippen LogP contribution < -0.4 is 19.1 Å². The Morgan fingerprint density at radius 1 is 1.03 bits per heavy atom. The highest BCUT2D eigenvalue weighted by Gasteiger charge is 2.31. The summed E-state index contributed by atoms with van der Waals surface area (Å²) in [5, 5.41) is 2.91. The minimum Gasteiger partial charge on any atom is -0.497 e. The van der Waals surface area contributed by atoms with Crippen LogP contribution in [-0.2, 0) is 26.0 Å². The number of carbonyl (C=O) groups excluding carboxylic acids is 2. The van der Waals surface area contributed by atoms with E-state index in [1.54, 1.807) is 19.1 Å². The van der Waals surface area contributed by atoms with Gasteiger partial charge in [-0.15, -0.1) is 0 Å². The van der Waals surface area contributed by atoms with Crippen LogP contribution in [-0.4, -0.2) is 70.8 Å². The average Bonchev–Trinajstić information content (AvgIpc) is 2.86. The zero-order valence-corrected chi connectivity index (χ0v) is 22.7. The molecule has 10 heteroatoms. The first kappa shape index (κ1) is 29.0. The van der Waals surface area contributed by atoms with E-state index in [0.717, 1.165) is 22.5 Å². The first-order valence-electron chi connectivity index (χ1n) is 11.8. The molecule has 2 atom stereocenters. The zero-order valence-electron chi connectivity index (χ0n) is 21.9. The van der Waals surface area contributed by atoms with E-state index in [1.165, 1.54) is 25.2 Å². The van der Waals surface area contributed by atoms with Crippen LogP contribution in [0.15, 0.2) is 48.5 Å². The van der Waals surface area contributed by atoms with Crippen molar-refractivity contribution in [3.05, 3.63) is 54.1 Å². The van der Waals surface area contributed by atoms with E-state index in [9.17, 15) is 18.0 Å². The van der Waals surface area contributed by atoms with Crippen LogP contribution in [0.1, 0.15) is 32.8 Å². The molecule has 0 spiro atoms. The van der Waals surface area contributed by atoms with Gasteiger partial charge in [0.15, 0.2) is 0 Å². The van der Waals surface area contributed by atoms with Gasteiger partial charge in [-0.25, -0.2) is 8.42 Å². The van der Waals surface area contributed by atoms with Crippen LogP contribution in [0.25, 0.3) is 0 Å². The lowest BCUT2D eigenvalue weighted by Gasteiger charge is -2.32. The van der Waals surface area contributed by atoms with Crippen molar-refractivity contribution in [3.63, 3.8) is 0 Å². The molecule has 198 valence electrons. The summed E-state index contributed by atoms with van der Waals surface area (Å²) >= 11 is 0. The van der Waals surface area contributed by atoms with E-state index in [1.807, 2.05) is 44.2 Å². The Balaban J connectivity index is 2.40. The maximum atomic E-state index is 13.6. The predicted molar refractivity (Wildman–Crippen MR) is 141 cm³/mol. The lowest BCUT2D eigenvalue weighted by Crippen LogP contribution is -2.53. The summed E-state index contributed by atoms with van der Waals surface area (Å²) in [5.74, 6) is -0.120. The van der Waals surface area contributed by atoms with Gasteiger partial charge < -0.3 is 19.7 Å². The monoisotopic (exact) mass is 519 g/mol. The number of amides is 2. The Morgan fingerprint density at radius 2 is 1.69 bits per heavy atom. The second-order valence-corrected chi connectivity index (χ2v) is 10.5. The SMILES string of the molecule is CC[C@H](C)NC(=O)[C@@H](C)N(CCc1ccccc1)C(=O)CN(c1cc(OC)ccc1OC)S(C)(=O)=O. The Bertz CT molecular complexity index is 1120.